The van der Waals surface area contributed by atoms with Gasteiger partial charge in [0, 0.05) is 61.3 Å². The fourth-order valence-electron chi connectivity index (χ4n) is 4.80. The first-order chi connectivity index (χ1) is 19.3. The molecule has 0 saturated carbocycles. The summed E-state index contributed by atoms with van der Waals surface area (Å²) in [6.45, 7) is 11.2. The Morgan fingerprint density at radius 2 is 1.75 bits per heavy atom. The number of nitrogens with zero attached hydrogens (tertiary/aromatic N) is 5. The van der Waals surface area contributed by atoms with Gasteiger partial charge in [-0.15, -0.1) is 0 Å². The van der Waals surface area contributed by atoms with Crippen LogP contribution in [0.1, 0.15) is 11.1 Å². The molecular formula is C30H33N7O3. The Hall–Kier alpha value is -4.70. The number of carbonyl (C=O) groups is 1. The summed E-state index contributed by atoms with van der Waals surface area (Å²) in [4.78, 5) is 39.2. The molecule has 1 aliphatic rings. The van der Waals surface area contributed by atoms with Crippen LogP contribution in [0.2, 0.25) is 0 Å². The van der Waals surface area contributed by atoms with Crippen molar-refractivity contribution in [1.82, 2.24) is 19.4 Å². The van der Waals surface area contributed by atoms with Gasteiger partial charge in [-0.25, -0.2) is 4.98 Å². The number of carbonyl (C=O) groups excluding carboxylic acids is 1. The molecule has 0 spiro atoms. The molecule has 0 radical (unpaired) electrons. The fourth-order valence-corrected chi connectivity index (χ4v) is 4.80. The smallest absolute Gasteiger partial charge is 0.257 e. The van der Waals surface area contributed by atoms with Crippen LogP contribution in [0.3, 0.4) is 0 Å². The third kappa shape index (κ3) is 5.39. The lowest BCUT2D eigenvalue weighted by Crippen LogP contribution is -2.44. The normalized spacial score (nSPS) is 13.8. The molecule has 0 aliphatic carbocycles. The van der Waals surface area contributed by atoms with E-state index in [1.165, 1.54) is 10.6 Å². The van der Waals surface area contributed by atoms with E-state index in [9.17, 15) is 9.59 Å². The molecule has 10 nitrogen and oxygen atoms in total. The van der Waals surface area contributed by atoms with Gasteiger partial charge >= 0.3 is 0 Å². The van der Waals surface area contributed by atoms with Crippen molar-refractivity contribution in [1.29, 1.82) is 0 Å². The van der Waals surface area contributed by atoms with Gasteiger partial charge in [0.25, 0.3) is 5.56 Å². The standard InChI is InChI=1S/C30H33N7O3/c1-6-27(38)32-25-16-22(8-7-19(25)2)37-28(39)15-20(3)23-18-31-30(34-29(23)37)33-24-10-9-21(17-26(24)40-5)36-13-11-35(4)12-14-36/h6-10,15-18H,1,11-14H2,2-5H3,(H,32,38)(H,31,33,34). The van der Waals surface area contributed by atoms with Crippen molar-refractivity contribution >= 4 is 40.0 Å². The summed E-state index contributed by atoms with van der Waals surface area (Å²) < 4.78 is 7.22. The largest absolute Gasteiger partial charge is 0.494 e. The molecule has 40 heavy (non-hydrogen) atoms. The molecule has 5 rings (SSSR count). The summed E-state index contributed by atoms with van der Waals surface area (Å²) in [7, 11) is 3.77. The lowest BCUT2D eigenvalue weighted by Gasteiger charge is -2.34. The van der Waals surface area contributed by atoms with E-state index in [-0.39, 0.29) is 11.5 Å². The number of rotatable bonds is 7. The highest BCUT2D eigenvalue weighted by Gasteiger charge is 2.17. The van der Waals surface area contributed by atoms with Crippen LogP contribution in [0, 0.1) is 13.8 Å². The van der Waals surface area contributed by atoms with Gasteiger partial charge in [-0.1, -0.05) is 12.6 Å². The Bertz CT molecular complexity index is 1660. The Morgan fingerprint density at radius 3 is 2.48 bits per heavy atom. The number of ether oxygens (including phenoxy) is 1. The van der Waals surface area contributed by atoms with Gasteiger partial charge in [0.1, 0.15) is 5.75 Å². The molecule has 0 bridgehead atoms. The minimum Gasteiger partial charge on any atom is -0.494 e. The number of hydrogen-bond acceptors (Lipinski definition) is 8. The zero-order valence-corrected chi connectivity index (χ0v) is 23.2. The predicted molar refractivity (Wildman–Crippen MR) is 159 cm³/mol. The molecule has 0 unspecified atom stereocenters. The highest BCUT2D eigenvalue weighted by Crippen LogP contribution is 2.32. The number of piperazine rings is 1. The Balaban J connectivity index is 1.53. The first-order valence-corrected chi connectivity index (χ1v) is 13.1. The lowest BCUT2D eigenvalue weighted by atomic mass is 10.1. The zero-order valence-electron chi connectivity index (χ0n) is 23.2. The lowest BCUT2D eigenvalue weighted by molar-refractivity contribution is -0.111. The second-order valence-electron chi connectivity index (χ2n) is 9.92. The Kier molecular flexibility index (Phi) is 7.52. The average Bonchev–Trinajstić information content (AvgIpc) is 2.95. The highest BCUT2D eigenvalue weighted by atomic mass is 16.5. The van der Waals surface area contributed by atoms with Crippen molar-refractivity contribution in [2.45, 2.75) is 13.8 Å². The van der Waals surface area contributed by atoms with Crippen molar-refractivity contribution in [3.05, 3.63) is 82.8 Å². The van der Waals surface area contributed by atoms with Crippen molar-refractivity contribution in [3.63, 3.8) is 0 Å². The zero-order chi connectivity index (χ0) is 28.4. The van der Waals surface area contributed by atoms with Gasteiger partial charge in [0.2, 0.25) is 11.9 Å². The number of benzene rings is 2. The van der Waals surface area contributed by atoms with E-state index >= 15 is 0 Å². The number of methoxy groups -OCH3 is 1. The molecule has 1 saturated heterocycles. The summed E-state index contributed by atoms with van der Waals surface area (Å²) in [5, 5.41) is 6.80. The number of likely N-dealkylation sites (N-methyl/N-ethyl adjacent to an activating group) is 1. The first kappa shape index (κ1) is 26.9. The summed E-state index contributed by atoms with van der Waals surface area (Å²) in [6.07, 6.45) is 2.91. The van der Waals surface area contributed by atoms with Crippen molar-refractivity contribution < 1.29 is 9.53 Å². The molecule has 206 valence electrons. The Morgan fingerprint density at radius 1 is 1.00 bits per heavy atom. The van der Waals surface area contributed by atoms with E-state index in [1.807, 2.05) is 38.1 Å². The quantitative estimate of drug-likeness (QED) is 0.340. The van der Waals surface area contributed by atoms with Gasteiger partial charge in [-0.05, 0) is 62.4 Å². The van der Waals surface area contributed by atoms with E-state index in [1.54, 1.807) is 25.4 Å². The number of hydrogen-bond donors (Lipinski definition) is 2. The maximum atomic E-state index is 13.3. The topological polar surface area (TPSA) is 105 Å². The van der Waals surface area contributed by atoms with Crippen LogP contribution >= 0.6 is 0 Å². The van der Waals surface area contributed by atoms with Gasteiger partial charge in [-0.2, -0.15) is 4.98 Å². The molecule has 10 heteroatoms. The van der Waals surface area contributed by atoms with Crippen molar-refractivity contribution in [2.75, 3.05) is 55.9 Å². The minimum absolute atomic E-state index is 0.242. The number of aromatic nitrogens is 3. The third-order valence-corrected chi connectivity index (χ3v) is 7.19. The number of amides is 1. The fraction of sp³-hybridized carbons (Fsp3) is 0.267. The average molecular weight is 540 g/mol. The van der Waals surface area contributed by atoms with Gasteiger partial charge in [-0.3, -0.25) is 14.2 Å². The van der Waals surface area contributed by atoms with Crippen LogP contribution in [0.25, 0.3) is 16.7 Å². The molecule has 3 heterocycles. The van der Waals surface area contributed by atoms with E-state index in [4.69, 9.17) is 9.72 Å². The first-order valence-electron chi connectivity index (χ1n) is 13.1. The molecule has 1 aliphatic heterocycles. The summed E-state index contributed by atoms with van der Waals surface area (Å²) in [5.41, 5.74) is 4.79. The van der Waals surface area contributed by atoms with Crippen LogP contribution in [0.15, 0.2) is 66.1 Å². The molecule has 1 fully saturated rings. The maximum Gasteiger partial charge on any atom is 0.257 e. The molecule has 2 aromatic carbocycles. The molecule has 4 aromatic rings. The van der Waals surface area contributed by atoms with Crippen LogP contribution in [-0.4, -0.2) is 65.7 Å². The molecule has 1 amide bonds. The number of pyridine rings is 1. The van der Waals surface area contributed by atoms with Crippen LogP contribution in [0.4, 0.5) is 23.0 Å². The third-order valence-electron chi connectivity index (χ3n) is 7.19. The Labute approximate surface area is 232 Å². The summed E-state index contributed by atoms with van der Waals surface area (Å²) in [6, 6.07) is 13.0. The highest BCUT2D eigenvalue weighted by molar-refractivity contribution is 5.99. The molecular weight excluding hydrogens is 506 g/mol. The molecule has 0 atom stereocenters. The number of fused-ring (bicyclic) bond motifs is 1. The van der Waals surface area contributed by atoms with E-state index < -0.39 is 0 Å². The maximum absolute atomic E-state index is 13.3. The van der Waals surface area contributed by atoms with Gasteiger partial charge in [0.15, 0.2) is 5.65 Å². The number of nitrogens with one attached hydrogen (secondary N) is 2. The monoisotopic (exact) mass is 539 g/mol. The van der Waals surface area contributed by atoms with Gasteiger partial charge in [0.05, 0.1) is 18.5 Å². The number of anilines is 4. The van der Waals surface area contributed by atoms with Crippen molar-refractivity contribution in [2.24, 2.45) is 0 Å². The van der Waals surface area contributed by atoms with Crippen molar-refractivity contribution in [3.8, 4) is 11.4 Å². The minimum atomic E-state index is -0.331. The summed E-state index contributed by atoms with van der Waals surface area (Å²) in [5.74, 6) is 0.662. The summed E-state index contributed by atoms with van der Waals surface area (Å²) >= 11 is 0. The number of aryl methyl sites for hydroxylation is 2. The molecule has 2 aromatic heterocycles. The molecule has 2 N–H and O–H groups in total. The van der Waals surface area contributed by atoms with Crippen LogP contribution in [-0.2, 0) is 4.79 Å². The predicted octanol–water partition coefficient (Wildman–Crippen LogP) is 4.03. The second kappa shape index (κ2) is 11.2. The van der Waals surface area contributed by atoms with E-state index in [2.05, 4.69) is 45.1 Å². The van der Waals surface area contributed by atoms with E-state index in [0.29, 0.717) is 34.4 Å². The van der Waals surface area contributed by atoms with Gasteiger partial charge < -0.3 is 25.2 Å². The van der Waals surface area contributed by atoms with Crippen LogP contribution in [0.5, 0.6) is 5.75 Å². The second-order valence-corrected chi connectivity index (χ2v) is 9.92. The van der Waals surface area contributed by atoms with Crippen LogP contribution < -0.4 is 25.8 Å². The SMILES string of the molecule is C=CC(=O)Nc1cc(-n2c(=O)cc(C)c3cnc(Nc4ccc(N5CCN(C)CC5)cc4OC)nc32)ccc1C. The van der Waals surface area contributed by atoms with E-state index in [0.717, 1.165) is 48.4 Å².